The quantitative estimate of drug-likeness (QED) is 0.488. The van der Waals surface area contributed by atoms with Gasteiger partial charge in [0.25, 0.3) is 0 Å². The summed E-state index contributed by atoms with van der Waals surface area (Å²) >= 11 is 12.7. The molecule has 2 aromatic rings. The van der Waals surface area contributed by atoms with Gasteiger partial charge >= 0.3 is 0 Å². The second kappa shape index (κ2) is 10.8. The van der Waals surface area contributed by atoms with Crippen LogP contribution in [0.1, 0.15) is 57.1 Å². The third-order valence-corrected chi connectivity index (χ3v) is 7.85. The topological polar surface area (TPSA) is 76.4 Å². The molecule has 4 rings (SSSR count). The molecular formula is C28H37Cl2N3O2. The summed E-state index contributed by atoms with van der Waals surface area (Å²) in [6.07, 6.45) is 2.73. The Balaban J connectivity index is 1.74. The number of benzene rings is 2. The van der Waals surface area contributed by atoms with E-state index in [1.807, 2.05) is 48.5 Å². The van der Waals surface area contributed by atoms with Gasteiger partial charge in [-0.1, -0.05) is 68.2 Å². The molecule has 2 heterocycles. The zero-order chi connectivity index (χ0) is 25.2. The van der Waals surface area contributed by atoms with E-state index in [0.717, 1.165) is 43.6 Å². The SMILES string of the molecule is CC(C)(C)C[C@@H]1N[C@@H](C(=O)NCC2CCOCC2)[C@H](c2cccc(Cl)c2)[C@@]1(N)c1ccc(Cl)cc1. The van der Waals surface area contributed by atoms with Gasteiger partial charge in [-0.3, -0.25) is 4.79 Å². The number of hydrogen-bond donors (Lipinski definition) is 3. The van der Waals surface area contributed by atoms with Gasteiger partial charge in [-0.15, -0.1) is 0 Å². The largest absolute Gasteiger partial charge is 0.381 e. The fraction of sp³-hybridized carbons (Fsp3) is 0.536. The maximum atomic E-state index is 13.7. The minimum absolute atomic E-state index is 0.00105. The molecule has 2 saturated heterocycles. The molecule has 35 heavy (non-hydrogen) atoms. The number of carbonyl (C=O) groups excluding carboxylic acids is 1. The minimum atomic E-state index is -0.844. The van der Waals surface area contributed by atoms with E-state index < -0.39 is 11.6 Å². The maximum Gasteiger partial charge on any atom is 0.237 e. The smallest absolute Gasteiger partial charge is 0.237 e. The molecule has 2 aliphatic heterocycles. The molecule has 7 heteroatoms. The van der Waals surface area contributed by atoms with Crippen LogP contribution < -0.4 is 16.4 Å². The lowest BCUT2D eigenvalue weighted by Crippen LogP contribution is -2.51. The zero-order valence-electron chi connectivity index (χ0n) is 20.8. The van der Waals surface area contributed by atoms with Crippen molar-refractivity contribution in [1.29, 1.82) is 0 Å². The van der Waals surface area contributed by atoms with Crippen LogP contribution >= 0.6 is 23.2 Å². The third kappa shape index (κ3) is 6.03. The van der Waals surface area contributed by atoms with E-state index in [1.165, 1.54) is 0 Å². The Morgan fingerprint density at radius 1 is 1.11 bits per heavy atom. The fourth-order valence-electron chi connectivity index (χ4n) is 5.60. The maximum absolute atomic E-state index is 13.7. The summed E-state index contributed by atoms with van der Waals surface area (Å²) in [5, 5.41) is 8.17. The molecule has 0 spiro atoms. The molecule has 5 nitrogen and oxygen atoms in total. The summed E-state index contributed by atoms with van der Waals surface area (Å²) in [5.41, 5.74) is 8.49. The van der Waals surface area contributed by atoms with Crippen LogP contribution in [0.3, 0.4) is 0 Å². The molecule has 0 saturated carbocycles. The predicted molar refractivity (Wildman–Crippen MR) is 143 cm³/mol. The molecule has 0 radical (unpaired) electrons. The van der Waals surface area contributed by atoms with E-state index in [1.54, 1.807) is 0 Å². The standard InChI is InChI=1S/C28H37Cl2N3O2/c1-27(2,3)16-23-28(31,20-7-9-21(29)10-8-20)24(19-5-4-6-22(30)15-19)25(33-23)26(34)32-17-18-11-13-35-14-12-18/h4-10,15,18,23-25,33H,11-14,16-17,31H2,1-3H3,(H,32,34)/t23-,24-,25+,28+/m0/s1. The average molecular weight is 519 g/mol. The number of carbonyl (C=O) groups is 1. The molecule has 0 unspecified atom stereocenters. The summed E-state index contributed by atoms with van der Waals surface area (Å²) in [5.74, 6) is 0.0917. The first-order chi connectivity index (χ1) is 16.6. The van der Waals surface area contributed by atoms with E-state index >= 15 is 0 Å². The van der Waals surface area contributed by atoms with Gasteiger partial charge in [0.05, 0.1) is 11.6 Å². The fourth-order valence-corrected chi connectivity index (χ4v) is 5.93. The molecule has 2 fully saturated rings. The molecule has 4 atom stereocenters. The molecule has 4 N–H and O–H groups in total. The van der Waals surface area contributed by atoms with Crippen LogP contribution in [0.2, 0.25) is 10.0 Å². The Labute approximate surface area is 219 Å². The number of hydrogen-bond acceptors (Lipinski definition) is 4. The molecule has 0 bridgehead atoms. The van der Waals surface area contributed by atoms with Gasteiger partial charge in [0.1, 0.15) is 0 Å². The predicted octanol–water partition coefficient (Wildman–Crippen LogP) is 5.25. The molecule has 0 aromatic heterocycles. The first-order valence-corrected chi connectivity index (χ1v) is 13.3. The van der Waals surface area contributed by atoms with E-state index in [0.29, 0.717) is 22.5 Å². The van der Waals surface area contributed by atoms with Gasteiger partial charge in [0.15, 0.2) is 0 Å². The van der Waals surface area contributed by atoms with Crippen molar-refractivity contribution >= 4 is 29.1 Å². The molecule has 2 aliphatic rings. The van der Waals surface area contributed by atoms with Crippen molar-refractivity contribution in [3.63, 3.8) is 0 Å². The number of amides is 1. The van der Waals surface area contributed by atoms with Crippen molar-refractivity contribution in [3.8, 4) is 0 Å². The summed E-state index contributed by atoms with van der Waals surface area (Å²) in [6.45, 7) is 8.75. The number of ether oxygens (including phenoxy) is 1. The van der Waals surface area contributed by atoms with E-state index in [2.05, 4.69) is 31.4 Å². The summed E-state index contributed by atoms with van der Waals surface area (Å²) in [6, 6.07) is 14.8. The van der Waals surface area contributed by atoms with Crippen LogP contribution in [-0.2, 0) is 15.1 Å². The minimum Gasteiger partial charge on any atom is -0.381 e. The first kappa shape index (κ1) is 26.4. The lowest BCUT2D eigenvalue weighted by atomic mass is 9.68. The lowest BCUT2D eigenvalue weighted by Gasteiger charge is -2.39. The summed E-state index contributed by atoms with van der Waals surface area (Å²) in [7, 11) is 0. The number of halogens is 2. The molecule has 190 valence electrons. The first-order valence-electron chi connectivity index (χ1n) is 12.5. The Hall–Kier alpha value is -1.63. The van der Waals surface area contributed by atoms with Crippen molar-refractivity contribution in [3.05, 3.63) is 69.7 Å². The Kier molecular flexibility index (Phi) is 8.14. The van der Waals surface area contributed by atoms with Gasteiger partial charge in [-0.25, -0.2) is 0 Å². The van der Waals surface area contributed by atoms with Crippen LogP contribution in [0, 0.1) is 11.3 Å². The van der Waals surface area contributed by atoms with Gasteiger partial charge in [-0.2, -0.15) is 0 Å². The molecular weight excluding hydrogens is 481 g/mol. The average Bonchev–Trinajstić information content (AvgIpc) is 3.10. The monoisotopic (exact) mass is 517 g/mol. The normalized spacial score (nSPS) is 27.7. The van der Waals surface area contributed by atoms with Gasteiger partial charge < -0.3 is 21.1 Å². The Bertz CT molecular complexity index is 1020. The van der Waals surface area contributed by atoms with Gasteiger partial charge in [0.2, 0.25) is 5.91 Å². The highest BCUT2D eigenvalue weighted by Crippen LogP contribution is 2.48. The van der Waals surface area contributed by atoms with Crippen molar-refractivity contribution in [2.45, 2.75) is 63.6 Å². The van der Waals surface area contributed by atoms with Crippen molar-refractivity contribution in [1.82, 2.24) is 10.6 Å². The highest BCUT2D eigenvalue weighted by Gasteiger charge is 2.56. The zero-order valence-corrected chi connectivity index (χ0v) is 22.3. The number of nitrogens with two attached hydrogens (primary N) is 1. The second-order valence-electron chi connectivity index (χ2n) is 11.2. The van der Waals surface area contributed by atoms with E-state index in [4.69, 9.17) is 33.7 Å². The molecule has 1 amide bonds. The molecule has 2 aromatic carbocycles. The van der Waals surface area contributed by atoms with Crippen LogP contribution in [0.5, 0.6) is 0 Å². The number of nitrogens with one attached hydrogen (secondary N) is 2. The molecule has 0 aliphatic carbocycles. The van der Waals surface area contributed by atoms with Gasteiger partial charge in [-0.05, 0) is 66.0 Å². The summed E-state index contributed by atoms with van der Waals surface area (Å²) in [4.78, 5) is 13.7. The summed E-state index contributed by atoms with van der Waals surface area (Å²) < 4.78 is 5.47. The third-order valence-electron chi connectivity index (χ3n) is 7.36. The lowest BCUT2D eigenvalue weighted by molar-refractivity contribution is -0.123. The Morgan fingerprint density at radius 3 is 2.43 bits per heavy atom. The highest BCUT2D eigenvalue weighted by atomic mass is 35.5. The van der Waals surface area contributed by atoms with Crippen LogP contribution in [0.15, 0.2) is 48.5 Å². The van der Waals surface area contributed by atoms with E-state index in [9.17, 15) is 4.79 Å². The highest BCUT2D eigenvalue weighted by molar-refractivity contribution is 6.30. The van der Waals surface area contributed by atoms with Crippen LogP contribution in [0.25, 0.3) is 0 Å². The second-order valence-corrected chi connectivity index (χ2v) is 12.1. The van der Waals surface area contributed by atoms with Crippen molar-refractivity contribution < 1.29 is 9.53 Å². The van der Waals surface area contributed by atoms with Gasteiger partial charge in [0, 0.05) is 41.8 Å². The van der Waals surface area contributed by atoms with Crippen LogP contribution in [0.4, 0.5) is 0 Å². The Morgan fingerprint density at radius 2 is 1.80 bits per heavy atom. The number of rotatable bonds is 6. The van der Waals surface area contributed by atoms with Crippen molar-refractivity contribution in [2.75, 3.05) is 19.8 Å². The van der Waals surface area contributed by atoms with Crippen molar-refractivity contribution in [2.24, 2.45) is 17.1 Å². The van der Waals surface area contributed by atoms with E-state index in [-0.39, 0.29) is 23.3 Å². The van der Waals surface area contributed by atoms with Crippen LogP contribution in [-0.4, -0.2) is 37.7 Å².